The van der Waals surface area contributed by atoms with Crippen LogP contribution in [0.15, 0.2) is 84.2 Å². The molecule has 6 nitrogen and oxygen atoms in total. The summed E-state index contributed by atoms with van der Waals surface area (Å²) in [5.74, 6) is 0. The molecule has 2 aromatic rings. The Hall–Kier alpha value is -3.02. The van der Waals surface area contributed by atoms with Crippen LogP contribution in [-0.2, 0) is 17.1 Å². The van der Waals surface area contributed by atoms with Crippen molar-refractivity contribution < 1.29 is 26.9 Å². The van der Waals surface area contributed by atoms with Crippen molar-refractivity contribution in [3.8, 4) is 0 Å². The van der Waals surface area contributed by atoms with Crippen molar-refractivity contribution >= 4 is 11.1 Å². The molecule has 2 aliphatic carbocycles. The van der Waals surface area contributed by atoms with Crippen LogP contribution in [0.2, 0.25) is 0 Å². The van der Waals surface area contributed by atoms with Crippen LogP contribution in [0.5, 0.6) is 0 Å². The molecule has 0 unspecified atom stereocenters. The number of nitro groups is 2. The Morgan fingerprint density at radius 2 is 1.41 bits per heavy atom. The van der Waals surface area contributed by atoms with Crippen molar-refractivity contribution in [3.63, 3.8) is 0 Å². The van der Waals surface area contributed by atoms with Gasteiger partial charge in [-0.2, -0.15) is 12.1 Å². The Kier molecular flexibility index (Phi) is 8.07. The molecule has 0 saturated heterocycles. The van der Waals surface area contributed by atoms with E-state index >= 15 is 0 Å². The molecule has 0 radical (unpaired) electrons. The molecule has 0 bridgehead atoms. The van der Waals surface area contributed by atoms with Crippen LogP contribution >= 0.6 is 0 Å². The average Bonchev–Trinajstić information content (AvgIpc) is 3.42. The zero-order valence-electron chi connectivity index (χ0n) is 15.6. The second kappa shape index (κ2) is 10.5. The summed E-state index contributed by atoms with van der Waals surface area (Å²) in [6.45, 7) is 0. The van der Waals surface area contributed by atoms with Gasteiger partial charge in [-0.1, -0.05) is 17.7 Å². The molecule has 0 fully saturated rings. The van der Waals surface area contributed by atoms with Gasteiger partial charge in [0.05, 0.1) is 4.92 Å². The molecule has 2 aromatic carbocycles. The molecule has 0 N–H and O–H groups in total. The Morgan fingerprint density at radius 3 is 2.00 bits per heavy atom. The summed E-state index contributed by atoms with van der Waals surface area (Å²) in [4.78, 5) is 21.8. The molecule has 156 valence electrons. The number of hydrogen-bond acceptors (Lipinski definition) is 4. The van der Waals surface area contributed by atoms with Crippen LogP contribution in [0.25, 0.3) is 11.1 Å². The maximum atomic E-state index is 11.3. The predicted octanol–water partition coefficient (Wildman–Crippen LogP) is 5.48. The molecule has 0 aliphatic heterocycles. The third-order valence-corrected chi connectivity index (χ3v) is 4.71. The molecule has 0 spiro atoms. The van der Waals surface area contributed by atoms with Gasteiger partial charge >= 0.3 is 0 Å². The first-order chi connectivity index (χ1) is 13.6. The van der Waals surface area contributed by atoms with Gasteiger partial charge in [-0.05, 0) is 42.9 Å². The normalized spacial score (nSPS) is 15.4. The first-order valence-electron chi connectivity index (χ1n) is 9.11. The minimum Gasteiger partial charge on any atom is -0.748 e. The van der Waals surface area contributed by atoms with E-state index in [0.717, 1.165) is 24.0 Å². The molecule has 0 heterocycles. The first-order valence-corrected chi connectivity index (χ1v) is 9.11. The Labute approximate surface area is 179 Å². The van der Waals surface area contributed by atoms with E-state index in [2.05, 4.69) is 0 Å². The fourth-order valence-electron chi connectivity index (χ4n) is 3.46. The maximum Gasteiger partial charge on any atom is 0.241 e. The van der Waals surface area contributed by atoms with Crippen LogP contribution in [0.3, 0.4) is 0 Å². The second-order valence-corrected chi connectivity index (χ2v) is 6.44. The summed E-state index contributed by atoms with van der Waals surface area (Å²) in [7, 11) is 0. The number of hydrogen-bond donors (Lipinski definition) is 0. The molecule has 4 rings (SSSR count). The fourth-order valence-corrected chi connectivity index (χ4v) is 3.46. The van der Waals surface area contributed by atoms with Crippen LogP contribution in [-0.4, -0.2) is 9.85 Å². The van der Waals surface area contributed by atoms with Gasteiger partial charge in [-0.3, -0.25) is 20.2 Å². The average molecular weight is 432 g/mol. The molecular weight excluding hydrogens is 412 g/mol. The van der Waals surface area contributed by atoms with Crippen LogP contribution in [0.4, 0.5) is 0 Å². The number of allylic oxidation sites excluding steroid dienone is 6. The van der Waals surface area contributed by atoms with Crippen molar-refractivity contribution in [2.24, 2.45) is 0 Å². The summed E-state index contributed by atoms with van der Waals surface area (Å²) in [5, 5.41) is 22.6. The quantitative estimate of drug-likeness (QED) is 0.277. The van der Waals surface area contributed by atoms with Gasteiger partial charge in [0.15, 0.2) is 0 Å². The smallest absolute Gasteiger partial charge is 0.241 e. The van der Waals surface area contributed by atoms with Gasteiger partial charge in [-0.25, -0.2) is 0 Å². The van der Waals surface area contributed by atoms with Gasteiger partial charge in [0.2, 0.25) is 11.4 Å². The molecule has 2 aliphatic rings. The summed E-state index contributed by atoms with van der Waals surface area (Å²) >= 11 is 0. The third-order valence-electron chi connectivity index (χ3n) is 4.71. The SMILES string of the molecule is O=[N+]([O-])C1=C(c2ccc[c-]2C2=C([N+](=O)[O-])C=CCC2)CCC=C1.[Fe].[cH-]1[cH-][cH-][cH-][cH-]1. The topological polar surface area (TPSA) is 86.3 Å². The van der Waals surface area contributed by atoms with E-state index in [1.165, 1.54) is 12.2 Å². The van der Waals surface area contributed by atoms with E-state index in [1.54, 1.807) is 18.2 Å². The zero-order valence-corrected chi connectivity index (χ0v) is 16.7. The van der Waals surface area contributed by atoms with Crippen molar-refractivity contribution in [1.82, 2.24) is 0 Å². The maximum absolute atomic E-state index is 11.3. The Morgan fingerprint density at radius 1 is 0.862 bits per heavy atom. The monoisotopic (exact) mass is 432 g/mol. The Balaban J connectivity index is 0.000000437. The summed E-state index contributed by atoms with van der Waals surface area (Å²) < 4.78 is 0. The van der Waals surface area contributed by atoms with Crippen LogP contribution in [0.1, 0.15) is 36.8 Å². The third kappa shape index (κ3) is 5.28. The molecule has 0 atom stereocenters. The molecular formula is C22H20FeN2O4-6. The largest absolute Gasteiger partial charge is 0.748 e. The van der Waals surface area contributed by atoms with E-state index in [0.29, 0.717) is 24.0 Å². The van der Waals surface area contributed by atoms with Crippen molar-refractivity contribution in [3.05, 3.63) is 116 Å². The van der Waals surface area contributed by atoms with E-state index in [-0.39, 0.29) is 38.3 Å². The minimum atomic E-state index is -0.384. The van der Waals surface area contributed by atoms with E-state index in [9.17, 15) is 20.2 Å². The second-order valence-electron chi connectivity index (χ2n) is 6.44. The van der Waals surface area contributed by atoms with Crippen molar-refractivity contribution in [2.45, 2.75) is 25.7 Å². The van der Waals surface area contributed by atoms with Crippen LogP contribution in [0, 0.1) is 20.2 Å². The van der Waals surface area contributed by atoms with Gasteiger partial charge < -0.3 is 30.3 Å². The number of rotatable bonds is 4. The summed E-state index contributed by atoms with van der Waals surface area (Å²) in [5.41, 5.74) is 2.96. The van der Waals surface area contributed by atoms with Gasteiger partial charge in [0.1, 0.15) is 0 Å². The fraction of sp³-hybridized carbons (Fsp3) is 0.182. The minimum absolute atomic E-state index is 0. The molecule has 29 heavy (non-hydrogen) atoms. The number of nitrogens with zero attached hydrogens (tertiary/aromatic N) is 2. The predicted molar refractivity (Wildman–Crippen MR) is 109 cm³/mol. The van der Waals surface area contributed by atoms with Gasteiger partial charge in [0.25, 0.3) is 0 Å². The Bertz CT molecular complexity index is 897. The van der Waals surface area contributed by atoms with E-state index in [4.69, 9.17) is 0 Å². The van der Waals surface area contributed by atoms with Gasteiger partial charge in [0, 0.05) is 28.1 Å². The molecule has 7 heteroatoms. The van der Waals surface area contributed by atoms with E-state index < -0.39 is 0 Å². The van der Waals surface area contributed by atoms with Crippen LogP contribution < -0.4 is 0 Å². The summed E-state index contributed by atoms with van der Waals surface area (Å²) in [6.07, 6.45) is 9.24. The molecule has 0 aromatic heterocycles. The van der Waals surface area contributed by atoms with Crippen molar-refractivity contribution in [1.29, 1.82) is 0 Å². The van der Waals surface area contributed by atoms with Gasteiger partial charge in [-0.15, -0.1) is 11.6 Å². The van der Waals surface area contributed by atoms with E-state index in [1.807, 2.05) is 42.5 Å². The first kappa shape index (κ1) is 22.3. The molecule has 0 amide bonds. The summed E-state index contributed by atoms with van der Waals surface area (Å²) in [6, 6.07) is 15.4. The molecule has 0 saturated carbocycles. The zero-order chi connectivity index (χ0) is 19.9. The van der Waals surface area contributed by atoms with Crippen molar-refractivity contribution in [2.75, 3.05) is 0 Å². The standard InChI is InChI=1S/C17H15N2O4.C5H5.Fe/c20-18(21)16-10-3-1-6-14(16)12-8-5-9-13(12)15-7-2-4-11-17(15)19(22)23;1-2-4-5-3-1;/h3-5,8-11H,1-2,6-7H2;1-5H;/q-1;-5;.